The summed E-state index contributed by atoms with van der Waals surface area (Å²) in [7, 11) is 0. The Labute approximate surface area is 206 Å². The lowest BCUT2D eigenvalue weighted by atomic mass is 9.44. The second-order valence-electron chi connectivity index (χ2n) is 11.8. The quantitative estimate of drug-likeness (QED) is 0.290. The Morgan fingerprint density at radius 3 is 2.46 bits per heavy atom. The van der Waals surface area contributed by atoms with Gasteiger partial charge in [0.05, 0.1) is 25.4 Å². The maximum Gasteiger partial charge on any atom is 0.186 e. The summed E-state index contributed by atoms with van der Waals surface area (Å²) in [5, 5.41) is 62.1. The predicted molar refractivity (Wildman–Crippen MR) is 125 cm³/mol. The van der Waals surface area contributed by atoms with Gasteiger partial charge in [-0.1, -0.05) is 32.9 Å². The van der Waals surface area contributed by atoms with Crippen molar-refractivity contribution in [2.75, 3.05) is 13.2 Å². The highest BCUT2D eigenvalue weighted by molar-refractivity contribution is 5.97. The van der Waals surface area contributed by atoms with E-state index in [-0.39, 0.29) is 36.1 Å². The third kappa shape index (κ3) is 4.24. The smallest absolute Gasteiger partial charge is 0.186 e. The van der Waals surface area contributed by atoms with E-state index in [1.807, 2.05) is 12.2 Å². The first-order valence-corrected chi connectivity index (χ1v) is 12.5. The maximum absolute atomic E-state index is 13.4. The summed E-state index contributed by atoms with van der Waals surface area (Å²) in [6, 6.07) is 0. The van der Waals surface area contributed by atoms with Crippen LogP contribution >= 0.6 is 0 Å². The van der Waals surface area contributed by atoms with Crippen molar-refractivity contribution in [3.05, 3.63) is 24.3 Å². The van der Waals surface area contributed by atoms with Crippen molar-refractivity contribution < 1.29 is 44.9 Å². The number of aliphatic hydroxyl groups is 6. The van der Waals surface area contributed by atoms with Crippen molar-refractivity contribution in [2.24, 2.45) is 28.1 Å². The molecule has 1 heterocycles. The number of hydrogen-bond donors (Lipinski definition) is 6. The summed E-state index contributed by atoms with van der Waals surface area (Å²) in [6.07, 6.45) is -3.37. The molecule has 0 aromatic carbocycles. The molecule has 2 saturated carbocycles. The van der Waals surface area contributed by atoms with Gasteiger partial charge in [-0.05, 0) is 42.1 Å². The minimum atomic E-state index is -1.59. The van der Waals surface area contributed by atoms with E-state index < -0.39 is 60.4 Å². The molecule has 0 amide bonds. The van der Waals surface area contributed by atoms with E-state index in [1.54, 1.807) is 6.92 Å². The van der Waals surface area contributed by atoms with Crippen LogP contribution in [0.4, 0.5) is 0 Å². The Hall–Kier alpha value is -1.17. The molecule has 9 heteroatoms. The number of ketones is 1. The first-order chi connectivity index (χ1) is 16.3. The second-order valence-corrected chi connectivity index (χ2v) is 11.8. The Balaban J connectivity index is 1.62. The van der Waals surface area contributed by atoms with E-state index in [4.69, 9.17) is 9.47 Å². The molecule has 3 fully saturated rings. The standard InChI is InChI=1S/C26H40O9/c1-5-24(2)7-6-14-13(9-24)15(28)8-18-25(14,3)10-16(29)22(33)26(18,4)12-34-23-21(32)20(31)19(30)17(11-27)35-23/h5,9,14,16-23,27,29-33H,1,6-8,10-12H2,2-4H3/t14?,16-,17-,18?,19-,20+,21?,22+,23-,24+,25-,26-/m1/s1. The summed E-state index contributed by atoms with van der Waals surface area (Å²) >= 11 is 0. The molecule has 1 aliphatic heterocycles. The lowest BCUT2D eigenvalue weighted by Crippen LogP contribution is -2.65. The molecular weight excluding hydrogens is 456 g/mol. The Morgan fingerprint density at radius 1 is 1.14 bits per heavy atom. The van der Waals surface area contributed by atoms with Crippen LogP contribution in [0.5, 0.6) is 0 Å². The number of allylic oxidation sites excluding steroid dienone is 3. The van der Waals surface area contributed by atoms with Crippen LogP contribution in [-0.4, -0.2) is 92.5 Å². The van der Waals surface area contributed by atoms with Crippen LogP contribution in [0.2, 0.25) is 0 Å². The molecule has 12 atom stereocenters. The highest BCUT2D eigenvalue weighted by atomic mass is 16.7. The lowest BCUT2D eigenvalue weighted by Gasteiger charge is -2.62. The van der Waals surface area contributed by atoms with Crippen LogP contribution in [0, 0.1) is 28.1 Å². The van der Waals surface area contributed by atoms with Crippen molar-refractivity contribution in [2.45, 2.75) is 89.4 Å². The predicted octanol–water partition coefficient (Wildman–Crippen LogP) is 0.0587. The molecule has 3 unspecified atom stereocenters. The molecule has 6 N–H and O–H groups in total. The molecule has 0 bridgehead atoms. The maximum atomic E-state index is 13.4. The third-order valence-corrected chi connectivity index (χ3v) is 9.49. The zero-order valence-electron chi connectivity index (χ0n) is 20.7. The largest absolute Gasteiger partial charge is 0.394 e. The first kappa shape index (κ1) is 26.9. The van der Waals surface area contributed by atoms with E-state index in [1.165, 1.54) is 0 Å². The summed E-state index contributed by atoms with van der Waals surface area (Å²) in [5.74, 6) is -0.371. The molecule has 35 heavy (non-hydrogen) atoms. The number of ether oxygens (including phenoxy) is 2. The number of rotatable bonds is 5. The second kappa shape index (κ2) is 9.29. The van der Waals surface area contributed by atoms with Crippen molar-refractivity contribution in [1.82, 2.24) is 0 Å². The van der Waals surface area contributed by atoms with Gasteiger partial charge in [-0.15, -0.1) is 6.58 Å². The third-order valence-electron chi connectivity index (χ3n) is 9.49. The van der Waals surface area contributed by atoms with E-state index in [2.05, 4.69) is 20.4 Å². The van der Waals surface area contributed by atoms with E-state index in [0.29, 0.717) is 6.42 Å². The minimum absolute atomic E-state index is 0.0212. The van der Waals surface area contributed by atoms with E-state index >= 15 is 0 Å². The van der Waals surface area contributed by atoms with Crippen LogP contribution in [-0.2, 0) is 14.3 Å². The van der Waals surface area contributed by atoms with Crippen LogP contribution in [0.15, 0.2) is 24.3 Å². The number of carbonyl (C=O) groups is 1. The molecule has 4 rings (SSSR count). The molecule has 0 aromatic rings. The van der Waals surface area contributed by atoms with Crippen LogP contribution in [0.1, 0.15) is 46.5 Å². The Morgan fingerprint density at radius 2 is 1.83 bits per heavy atom. The average molecular weight is 497 g/mol. The molecular formula is C26H40O9. The van der Waals surface area contributed by atoms with E-state index in [9.17, 15) is 35.4 Å². The molecule has 9 nitrogen and oxygen atoms in total. The number of fused-ring (bicyclic) bond motifs is 3. The highest BCUT2D eigenvalue weighted by Crippen LogP contribution is 2.63. The first-order valence-electron chi connectivity index (χ1n) is 12.5. The van der Waals surface area contributed by atoms with Gasteiger partial charge in [-0.3, -0.25) is 4.79 Å². The van der Waals surface area contributed by atoms with Crippen molar-refractivity contribution >= 4 is 5.78 Å². The van der Waals surface area contributed by atoms with Crippen LogP contribution in [0.3, 0.4) is 0 Å². The molecule has 0 radical (unpaired) electrons. The van der Waals surface area contributed by atoms with Gasteiger partial charge in [0.1, 0.15) is 24.4 Å². The SMILES string of the molecule is C=C[C@]1(C)C=C2C(=O)CC3[C@](C)(C[C@@H](O)[C@H](O)[C@]3(C)CO[C@@H]3O[C@H](CO)[C@@H](O)[C@H](O)C3O)C2CC1. The summed E-state index contributed by atoms with van der Waals surface area (Å²) < 4.78 is 11.3. The van der Waals surface area contributed by atoms with E-state index in [0.717, 1.165) is 18.4 Å². The summed E-state index contributed by atoms with van der Waals surface area (Å²) in [5.41, 5.74) is -1.02. The normalized spacial score (nSPS) is 52.3. The average Bonchev–Trinajstić information content (AvgIpc) is 2.83. The van der Waals surface area contributed by atoms with Gasteiger partial charge in [0.15, 0.2) is 12.1 Å². The van der Waals surface area contributed by atoms with Crippen molar-refractivity contribution in [3.63, 3.8) is 0 Å². The number of aliphatic hydroxyl groups excluding tert-OH is 6. The van der Waals surface area contributed by atoms with Gasteiger partial charge < -0.3 is 40.1 Å². The van der Waals surface area contributed by atoms with Gasteiger partial charge in [0.25, 0.3) is 0 Å². The topological polar surface area (TPSA) is 157 Å². The van der Waals surface area contributed by atoms with Gasteiger partial charge in [0.2, 0.25) is 0 Å². The van der Waals surface area contributed by atoms with Gasteiger partial charge in [-0.25, -0.2) is 0 Å². The summed E-state index contributed by atoms with van der Waals surface area (Å²) in [6.45, 7) is 9.08. The molecule has 0 aromatic heterocycles. The fourth-order valence-corrected chi connectivity index (χ4v) is 7.17. The fourth-order valence-electron chi connectivity index (χ4n) is 7.17. The van der Waals surface area contributed by atoms with Gasteiger partial charge in [0, 0.05) is 17.3 Å². The van der Waals surface area contributed by atoms with Crippen LogP contribution < -0.4 is 0 Å². The minimum Gasteiger partial charge on any atom is -0.394 e. The van der Waals surface area contributed by atoms with Crippen molar-refractivity contribution in [1.29, 1.82) is 0 Å². The highest BCUT2D eigenvalue weighted by Gasteiger charge is 2.63. The molecule has 4 aliphatic rings. The number of hydrogen-bond acceptors (Lipinski definition) is 9. The van der Waals surface area contributed by atoms with Gasteiger partial charge >= 0.3 is 0 Å². The number of Topliss-reactive ketones (excluding diaryl/α,β-unsaturated/α-hetero) is 1. The Bertz CT molecular complexity index is 873. The molecule has 0 spiro atoms. The van der Waals surface area contributed by atoms with Crippen LogP contribution in [0.25, 0.3) is 0 Å². The van der Waals surface area contributed by atoms with Gasteiger partial charge in [-0.2, -0.15) is 0 Å². The lowest BCUT2D eigenvalue weighted by molar-refractivity contribution is -0.315. The molecule has 3 aliphatic carbocycles. The number of carbonyl (C=O) groups excluding carboxylic acids is 1. The fraction of sp³-hybridized carbons (Fsp3) is 0.808. The van der Waals surface area contributed by atoms with Crippen molar-refractivity contribution in [3.8, 4) is 0 Å². The Kier molecular flexibility index (Phi) is 7.14. The molecule has 198 valence electrons. The zero-order chi connectivity index (χ0) is 25.9. The zero-order valence-corrected chi connectivity index (χ0v) is 20.7. The monoisotopic (exact) mass is 496 g/mol. The molecule has 1 saturated heterocycles. The summed E-state index contributed by atoms with van der Waals surface area (Å²) in [4.78, 5) is 13.4.